The molecule has 0 fully saturated rings. The largest absolute Gasteiger partial charge is 0.437 e. The molecule has 0 unspecified atom stereocenters. The first-order valence-electron chi connectivity index (χ1n) is 4.85. The lowest BCUT2D eigenvalue weighted by molar-refractivity contribution is 0.459. The van der Waals surface area contributed by atoms with E-state index in [0.29, 0.717) is 22.3 Å². The standard InChI is InChI=1S/C11H10ClN3O2/c1-6-14-10(16)5-11(15-6)17-9-4-7(13)2-3-8(9)12/h2-5H,13H2,1H3,(H,14,15,16). The van der Waals surface area contributed by atoms with E-state index in [9.17, 15) is 4.79 Å². The highest BCUT2D eigenvalue weighted by Gasteiger charge is 2.06. The monoisotopic (exact) mass is 251 g/mol. The predicted molar refractivity (Wildman–Crippen MR) is 65.5 cm³/mol. The number of nitrogens with two attached hydrogens (primary N) is 1. The summed E-state index contributed by atoms with van der Waals surface area (Å²) in [5.74, 6) is 1.01. The highest BCUT2D eigenvalue weighted by molar-refractivity contribution is 6.32. The topological polar surface area (TPSA) is 81.0 Å². The smallest absolute Gasteiger partial charge is 0.254 e. The molecule has 0 aliphatic carbocycles. The van der Waals surface area contributed by atoms with Gasteiger partial charge >= 0.3 is 0 Å². The van der Waals surface area contributed by atoms with Crippen molar-refractivity contribution in [2.24, 2.45) is 0 Å². The molecule has 1 aromatic carbocycles. The lowest BCUT2D eigenvalue weighted by Gasteiger charge is -2.07. The Morgan fingerprint density at radius 2 is 2.18 bits per heavy atom. The number of aromatic nitrogens is 2. The van der Waals surface area contributed by atoms with Crippen LogP contribution in [0.5, 0.6) is 11.6 Å². The molecule has 0 amide bonds. The maximum Gasteiger partial charge on any atom is 0.254 e. The summed E-state index contributed by atoms with van der Waals surface area (Å²) in [4.78, 5) is 17.8. The van der Waals surface area contributed by atoms with Gasteiger partial charge in [0.25, 0.3) is 5.56 Å². The number of nitrogen functional groups attached to an aromatic ring is 1. The molecule has 2 rings (SSSR count). The number of hydrogen-bond donors (Lipinski definition) is 2. The fourth-order valence-corrected chi connectivity index (χ4v) is 1.47. The van der Waals surface area contributed by atoms with Crippen LogP contribution in [0.1, 0.15) is 5.82 Å². The zero-order valence-corrected chi connectivity index (χ0v) is 9.78. The predicted octanol–water partition coefficient (Wildman–Crippen LogP) is 2.11. The number of rotatable bonds is 2. The van der Waals surface area contributed by atoms with Crippen molar-refractivity contribution in [1.29, 1.82) is 0 Å². The van der Waals surface area contributed by atoms with E-state index in [4.69, 9.17) is 22.1 Å². The average Bonchev–Trinajstić information content (AvgIpc) is 2.22. The van der Waals surface area contributed by atoms with Crippen LogP contribution in [0.2, 0.25) is 5.02 Å². The zero-order chi connectivity index (χ0) is 12.4. The molecular formula is C11H10ClN3O2. The minimum atomic E-state index is -0.285. The minimum absolute atomic E-state index is 0.179. The third-order valence-corrected chi connectivity index (χ3v) is 2.32. The van der Waals surface area contributed by atoms with Gasteiger partial charge in [-0.05, 0) is 19.1 Å². The second kappa shape index (κ2) is 4.47. The quantitative estimate of drug-likeness (QED) is 0.801. The van der Waals surface area contributed by atoms with E-state index in [1.165, 1.54) is 6.07 Å². The van der Waals surface area contributed by atoms with E-state index < -0.39 is 0 Å². The van der Waals surface area contributed by atoms with Gasteiger partial charge < -0.3 is 15.5 Å². The number of halogens is 1. The maximum absolute atomic E-state index is 11.2. The highest BCUT2D eigenvalue weighted by Crippen LogP contribution is 2.29. The van der Waals surface area contributed by atoms with Crippen molar-refractivity contribution >= 4 is 17.3 Å². The molecule has 2 aromatic rings. The van der Waals surface area contributed by atoms with Gasteiger partial charge in [0.05, 0.1) is 11.1 Å². The Hall–Kier alpha value is -2.01. The number of hydrogen-bond acceptors (Lipinski definition) is 4. The average molecular weight is 252 g/mol. The van der Waals surface area contributed by atoms with E-state index in [1.54, 1.807) is 25.1 Å². The van der Waals surface area contributed by atoms with Gasteiger partial charge in [-0.15, -0.1) is 0 Å². The van der Waals surface area contributed by atoms with Crippen LogP contribution in [0.25, 0.3) is 0 Å². The van der Waals surface area contributed by atoms with Gasteiger partial charge in [-0.3, -0.25) is 4.79 Å². The Labute approximate surface area is 102 Å². The number of nitrogens with zero attached hydrogens (tertiary/aromatic N) is 1. The zero-order valence-electron chi connectivity index (χ0n) is 9.03. The van der Waals surface area contributed by atoms with Crippen molar-refractivity contribution in [3.8, 4) is 11.6 Å². The van der Waals surface area contributed by atoms with Crippen LogP contribution in [0.4, 0.5) is 5.69 Å². The molecule has 1 heterocycles. The molecule has 0 saturated carbocycles. The second-order valence-electron chi connectivity index (χ2n) is 3.46. The van der Waals surface area contributed by atoms with Crippen LogP contribution < -0.4 is 16.0 Å². The molecule has 0 spiro atoms. The summed E-state index contributed by atoms with van der Waals surface area (Å²) in [6, 6.07) is 6.09. The third-order valence-electron chi connectivity index (χ3n) is 2.01. The van der Waals surface area contributed by atoms with Crippen LogP contribution in [-0.2, 0) is 0 Å². The molecule has 0 saturated heterocycles. The lowest BCUT2D eigenvalue weighted by atomic mass is 10.3. The van der Waals surface area contributed by atoms with Gasteiger partial charge in [0.15, 0.2) is 0 Å². The summed E-state index contributed by atoms with van der Waals surface area (Å²) in [6.45, 7) is 1.66. The van der Waals surface area contributed by atoms with Crippen molar-refractivity contribution < 1.29 is 4.74 Å². The van der Waals surface area contributed by atoms with E-state index in [0.717, 1.165) is 0 Å². The molecule has 0 radical (unpaired) electrons. The Balaban J connectivity index is 2.37. The van der Waals surface area contributed by atoms with Crippen molar-refractivity contribution in [2.75, 3.05) is 5.73 Å². The van der Waals surface area contributed by atoms with Crippen LogP contribution >= 0.6 is 11.6 Å². The summed E-state index contributed by atoms with van der Waals surface area (Å²) in [6.07, 6.45) is 0. The minimum Gasteiger partial charge on any atom is -0.437 e. The number of H-pyrrole nitrogens is 1. The number of aryl methyl sites for hydroxylation is 1. The molecule has 0 aliphatic heterocycles. The SMILES string of the molecule is Cc1nc(Oc2cc(N)ccc2Cl)cc(=O)[nH]1. The number of ether oxygens (including phenoxy) is 1. The first-order valence-corrected chi connectivity index (χ1v) is 5.23. The van der Waals surface area contributed by atoms with Crippen LogP contribution in [0.15, 0.2) is 29.1 Å². The molecule has 1 aromatic heterocycles. The van der Waals surface area contributed by atoms with E-state index in [2.05, 4.69) is 9.97 Å². The number of anilines is 1. The van der Waals surface area contributed by atoms with E-state index in [-0.39, 0.29) is 11.4 Å². The molecule has 0 aliphatic rings. The highest BCUT2D eigenvalue weighted by atomic mass is 35.5. The number of aromatic amines is 1. The van der Waals surface area contributed by atoms with Crippen LogP contribution in [0, 0.1) is 6.92 Å². The van der Waals surface area contributed by atoms with E-state index >= 15 is 0 Å². The van der Waals surface area contributed by atoms with Crippen molar-refractivity contribution in [2.45, 2.75) is 6.92 Å². The van der Waals surface area contributed by atoms with E-state index in [1.807, 2.05) is 0 Å². The van der Waals surface area contributed by atoms with Crippen molar-refractivity contribution in [3.05, 3.63) is 45.5 Å². The van der Waals surface area contributed by atoms with Gasteiger partial charge in [-0.25, -0.2) is 4.98 Å². The lowest BCUT2D eigenvalue weighted by Crippen LogP contribution is -2.08. The van der Waals surface area contributed by atoms with Gasteiger partial charge in [-0.2, -0.15) is 0 Å². The summed E-state index contributed by atoms with van der Waals surface area (Å²) in [7, 11) is 0. The molecule has 0 bridgehead atoms. The van der Waals surface area contributed by atoms with Gasteiger partial charge in [0.2, 0.25) is 5.88 Å². The van der Waals surface area contributed by atoms with Crippen molar-refractivity contribution in [3.63, 3.8) is 0 Å². The summed E-state index contributed by atoms with van der Waals surface area (Å²) in [5.41, 5.74) is 5.85. The molecule has 6 heteroatoms. The Kier molecular flexibility index (Phi) is 3.01. The maximum atomic E-state index is 11.2. The molecule has 88 valence electrons. The first-order chi connectivity index (χ1) is 8.04. The molecule has 0 atom stereocenters. The number of nitrogens with one attached hydrogen (secondary N) is 1. The first kappa shape index (κ1) is 11.5. The van der Waals surface area contributed by atoms with Gasteiger partial charge in [0, 0.05) is 11.8 Å². The van der Waals surface area contributed by atoms with Crippen molar-refractivity contribution in [1.82, 2.24) is 9.97 Å². The fraction of sp³-hybridized carbons (Fsp3) is 0.0909. The Morgan fingerprint density at radius 1 is 1.41 bits per heavy atom. The Morgan fingerprint density at radius 3 is 2.88 bits per heavy atom. The molecule has 3 N–H and O–H groups in total. The summed E-state index contributed by atoms with van der Waals surface area (Å²) in [5, 5.41) is 0.402. The summed E-state index contributed by atoms with van der Waals surface area (Å²) < 4.78 is 5.41. The van der Waals surface area contributed by atoms with Crippen LogP contribution in [-0.4, -0.2) is 9.97 Å². The Bertz CT molecular complexity index is 610. The summed E-state index contributed by atoms with van der Waals surface area (Å²) >= 11 is 5.93. The van der Waals surface area contributed by atoms with Gasteiger partial charge in [0.1, 0.15) is 11.6 Å². The molecular weight excluding hydrogens is 242 g/mol. The van der Waals surface area contributed by atoms with Gasteiger partial charge in [-0.1, -0.05) is 11.6 Å². The van der Waals surface area contributed by atoms with Crippen LogP contribution in [0.3, 0.4) is 0 Å². The third kappa shape index (κ3) is 2.76. The second-order valence-corrected chi connectivity index (χ2v) is 3.87. The molecule has 17 heavy (non-hydrogen) atoms. The number of benzene rings is 1. The fourth-order valence-electron chi connectivity index (χ4n) is 1.32. The molecule has 5 nitrogen and oxygen atoms in total. The normalized spacial score (nSPS) is 10.2.